The summed E-state index contributed by atoms with van der Waals surface area (Å²) in [6, 6.07) is 5.69. The molecule has 7 nitrogen and oxygen atoms in total. The third-order valence-electron chi connectivity index (χ3n) is 3.97. The molecule has 0 spiro atoms. The number of ether oxygens (including phenoxy) is 1. The minimum absolute atomic E-state index is 0.144. The molecule has 0 fully saturated rings. The fourth-order valence-electron chi connectivity index (χ4n) is 2.54. The Hall–Kier alpha value is -3.07. The Kier molecular flexibility index (Phi) is 6.40. The van der Waals surface area contributed by atoms with Crippen LogP contribution in [0, 0.1) is 21.7 Å². The maximum absolute atomic E-state index is 13.9. The van der Waals surface area contributed by atoms with Crippen molar-refractivity contribution in [3.05, 3.63) is 63.7 Å². The van der Waals surface area contributed by atoms with Gasteiger partial charge < -0.3 is 10.1 Å². The highest BCUT2D eigenvalue weighted by Gasteiger charge is 2.21. The number of hydrogen-bond acceptors (Lipinski definition) is 5. The van der Waals surface area contributed by atoms with Crippen LogP contribution in [0.3, 0.4) is 0 Å². The van der Waals surface area contributed by atoms with E-state index < -0.39 is 34.5 Å². The molecule has 0 aliphatic rings. The Morgan fingerprint density at radius 3 is 2.48 bits per heavy atom. The second-order valence-corrected chi connectivity index (χ2v) is 5.91. The molecule has 0 aliphatic heterocycles. The second-order valence-electron chi connectivity index (χ2n) is 5.91. The van der Waals surface area contributed by atoms with Gasteiger partial charge in [0.15, 0.2) is 0 Å². The van der Waals surface area contributed by atoms with E-state index in [1.165, 1.54) is 31.4 Å². The Morgan fingerprint density at radius 2 is 1.89 bits per heavy atom. The summed E-state index contributed by atoms with van der Waals surface area (Å²) >= 11 is 0. The van der Waals surface area contributed by atoms with Gasteiger partial charge in [-0.2, -0.15) is 0 Å². The van der Waals surface area contributed by atoms with Gasteiger partial charge in [-0.25, -0.2) is 8.78 Å². The summed E-state index contributed by atoms with van der Waals surface area (Å²) < 4.78 is 32.0. The van der Waals surface area contributed by atoms with Crippen LogP contribution in [-0.2, 0) is 4.79 Å². The third kappa shape index (κ3) is 4.98. The number of nitrogens with zero attached hydrogens (tertiary/aromatic N) is 1. The van der Waals surface area contributed by atoms with Crippen molar-refractivity contribution in [2.45, 2.75) is 25.9 Å². The van der Waals surface area contributed by atoms with Gasteiger partial charge in [0.05, 0.1) is 23.8 Å². The van der Waals surface area contributed by atoms with Crippen LogP contribution in [0.1, 0.15) is 25.5 Å². The molecule has 1 amide bonds. The summed E-state index contributed by atoms with van der Waals surface area (Å²) in [5.41, 5.74) is 0.156. The molecule has 0 saturated carbocycles. The molecule has 0 saturated heterocycles. The Labute approximate surface area is 154 Å². The summed E-state index contributed by atoms with van der Waals surface area (Å²) in [5, 5.41) is 16.4. The van der Waals surface area contributed by atoms with Crippen molar-refractivity contribution in [1.29, 1.82) is 0 Å². The normalized spacial score (nSPS) is 12.9. The Balaban J connectivity index is 2.11. The van der Waals surface area contributed by atoms with Gasteiger partial charge in [-0.05, 0) is 26.0 Å². The molecule has 2 rings (SSSR count). The maximum Gasteiger partial charge on any atom is 0.271 e. The largest absolute Gasteiger partial charge is 0.495 e. The number of benzene rings is 2. The van der Waals surface area contributed by atoms with E-state index in [1.54, 1.807) is 13.8 Å². The second kappa shape index (κ2) is 8.54. The zero-order valence-corrected chi connectivity index (χ0v) is 15.0. The first-order chi connectivity index (χ1) is 12.7. The number of anilines is 1. The summed E-state index contributed by atoms with van der Waals surface area (Å²) in [4.78, 5) is 22.7. The van der Waals surface area contributed by atoms with E-state index in [9.17, 15) is 23.7 Å². The predicted molar refractivity (Wildman–Crippen MR) is 95.6 cm³/mol. The van der Waals surface area contributed by atoms with Crippen molar-refractivity contribution >= 4 is 17.3 Å². The van der Waals surface area contributed by atoms with Gasteiger partial charge in [-0.1, -0.05) is 6.07 Å². The van der Waals surface area contributed by atoms with Gasteiger partial charge in [0.2, 0.25) is 5.91 Å². The van der Waals surface area contributed by atoms with Gasteiger partial charge in [-0.3, -0.25) is 20.2 Å². The van der Waals surface area contributed by atoms with Crippen molar-refractivity contribution in [2.75, 3.05) is 12.4 Å². The van der Waals surface area contributed by atoms with Crippen molar-refractivity contribution in [2.24, 2.45) is 0 Å². The molecule has 2 N–H and O–H groups in total. The SMILES string of the molecule is COc1ccc([N+](=O)[O-])cc1NC(=O)[C@@H](C)N[C@H](C)c1ccc(F)cc1F. The fraction of sp³-hybridized carbons (Fsp3) is 0.278. The van der Waals surface area contributed by atoms with Gasteiger partial charge >= 0.3 is 0 Å². The lowest BCUT2D eigenvalue weighted by Crippen LogP contribution is -2.39. The van der Waals surface area contributed by atoms with Crippen LogP contribution in [-0.4, -0.2) is 24.0 Å². The highest BCUT2D eigenvalue weighted by atomic mass is 19.1. The zero-order chi connectivity index (χ0) is 20.1. The predicted octanol–water partition coefficient (Wildman–Crippen LogP) is 3.56. The van der Waals surface area contributed by atoms with Crippen molar-refractivity contribution < 1.29 is 23.2 Å². The average Bonchev–Trinajstić information content (AvgIpc) is 2.61. The molecular weight excluding hydrogens is 360 g/mol. The number of nitro benzene ring substituents is 1. The van der Waals surface area contributed by atoms with E-state index in [0.717, 1.165) is 12.1 Å². The van der Waals surface area contributed by atoms with E-state index in [-0.39, 0.29) is 22.7 Å². The van der Waals surface area contributed by atoms with Crippen LogP contribution in [0.4, 0.5) is 20.2 Å². The first kappa shape index (κ1) is 20.2. The maximum atomic E-state index is 13.9. The Bertz CT molecular complexity index is 860. The first-order valence-corrected chi connectivity index (χ1v) is 8.07. The van der Waals surface area contributed by atoms with Crippen LogP contribution < -0.4 is 15.4 Å². The zero-order valence-electron chi connectivity index (χ0n) is 15.0. The van der Waals surface area contributed by atoms with Gasteiger partial charge in [0, 0.05) is 29.8 Å². The lowest BCUT2D eigenvalue weighted by atomic mass is 10.1. The number of hydrogen-bond donors (Lipinski definition) is 2. The molecule has 2 aromatic carbocycles. The third-order valence-corrected chi connectivity index (χ3v) is 3.97. The van der Waals surface area contributed by atoms with Crippen LogP contribution in [0.2, 0.25) is 0 Å². The molecule has 0 aromatic heterocycles. The topological polar surface area (TPSA) is 93.5 Å². The van der Waals surface area contributed by atoms with Crippen molar-refractivity contribution in [3.63, 3.8) is 0 Å². The molecule has 27 heavy (non-hydrogen) atoms. The highest BCUT2D eigenvalue weighted by Crippen LogP contribution is 2.29. The van der Waals surface area contributed by atoms with Crippen LogP contribution in [0.15, 0.2) is 36.4 Å². The molecule has 0 bridgehead atoms. The number of rotatable bonds is 7. The molecule has 9 heteroatoms. The number of amides is 1. The minimum Gasteiger partial charge on any atom is -0.495 e. The van der Waals surface area contributed by atoms with E-state index in [0.29, 0.717) is 0 Å². The first-order valence-electron chi connectivity index (χ1n) is 8.07. The lowest BCUT2D eigenvalue weighted by molar-refractivity contribution is -0.384. The molecule has 2 atom stereocenters. The number of carbonyl (C=O) groups excluding carboxylic acids is 1. The van der Waals surface area contributed by atoms with Gasteiger partial charge in [0.1, 0.15) is 17.4 Å². The number of nitro groups is 1. The highest BCUT2D eigenvalue weighted by molar-refractivity contribution is 5.96. The van der Waals surface area contributed by atoms with Crippen molar-refractivity contribution in [3.8, 4) is 5.75 Å². The molecule has 0 unspecified atom stereocenters. The summed E-state index contributed by atoms with van der Waals surface area (Å²) in [6.07, 6.45) is 0. The number of non-ortho nitro benzene ring substituents is 1. The van der Waals surface area contributed by atoms with Crippen LogP contribution in [0.25, 0.3) is 0 Å². The number of methoxy groups -OCH3 is 1. The summed E-state index contributed by atoms with van der Waals surface area (Å²) in [6.45, 7) is 3.19. The van der Waals surface area contributed by atoms with Crippen molar-refractivity contribution in [1.82, 2.24) is 5.32 Å². The number of carbonyl (C=O) groups is 1. The van der Waals surface area contributed by atoms with Gasteiger partial charge in [-0.15, -0.1) is 0 Å². The van der Waals surface area contributed by atoms with Crippen LogP contribution in [0.5, 0.6) is 5.75 Å². The molecule has 0 radical (unpaired) electrons. The molecule has 144 valence electrons. The summed E-state index contributed by atoms with van der Waals surface area (Å²) in [7, 11) is 1.37. The average molecular weight is 379 g/mol. The molecule has 2 aromatic rings. The smallest absolute Gasteiger partial charge is 0.271 e. The van der Waals surface area contributed by atoms with E-state index in [2.05, 4.69) is 10.6 Å². The molecule has 0 heterocycles. The summed E-state index contributed by atoms with van der Waals surface area (Å²) in [5.74, 6) is -1.64. The Morgan fingerprint density at radius 1 is 1.19 bits per heavy atom. The van der Waals surface area contributed by atoms with E-state index in [4.69, 9.17) is 4.74 Å². The number of halogens is 2. The molecular formula is C18H19F2N3O4. The van der Waals surface area contributed by atoms with E-state index in [1.807, 2.05) is 0 Å². The minimum atomic E-state index is -0.770. The quantitative estimate of drug-likeness (QED) is 0.567. The number of nitrogens with one attached hydrogen (secondary N) is 2. The van der Waals surface area contributed by atoms with Gasteiger partial charge in [0.25, 0.3) is 5.69 Å². The molecule has 0 aliphatic carbocycles. The fourth-order valence-corrected chi connectivity index (χ4v) is 2.54. The standard InChI is InChI=1S/C18H19F2N3O4/c1-10(14-6-4-12(19)8-15(14)20)21-11(2)18(24)22-16-9-13(23(25)26)5-7-17(16)27-3/h4-11,21H,1-3H3,(H,22,24)/t10-,11-/m1/s1. The monoisotopic (exact) mass is 379 g/mol. The van der Waals surface area contributed by atoms with E-state index >= 15 is 0 Å². The lowest BCUT2D eigenvalue weighted by Gasteiger charge is -2.21. The van der Waals surface area contributed by atoms with Crippen LogP contribution >= 0.6 is 0 Å².